The number of pyridine rings is 1. The van der Waals surface area contributed by atoms with Crippen LogP contribution in [0.3, 0.4) is 0 Å². The van der Waals surface area contributed by atoms with Gasteiger partial charge < -0.3 is 9.47 Å². The largest absolute Gasteiger partial charge is 0.464 e. The van der Waals surface area contributed by atoms with Gasteiger partial charge in [0.1, 0.15) is 17.5 Å². The monoisotopic (exact) mass is 292 g/mol. The quantitative estimate of drug-likeness (QED) is 0.782. The minimum atomic E-state index is -0.718. The van der Waals surface area contributed by atoms with Crippen LogP contribution in [0.2, 0.25) is 0 Å². The predicted octanol–water partition coefficient (Wildman–Crippen LogP) is 2.31. The molecule has 0 fully saturated rings. The van der Waals surface area contributed by atoms with E-state index in [1.54, 1.807) is 40.0 Å². The molecule has 6 heteroatoms. The molecule has 0 saturated carbocycles. The van der Waals surface area contributed by atoms with E-state index in [4.69, 9.17) is 9.47 Å². The van der Waals surface area contributed by atoms with Crippen LogP contribution in [0.1, 0.15) is 33.3 Å². The number of fused-ring (bicyclic) bond motifs is 1. The lowest BCUT2D eigenvalue weighted by molar-refractivity contribution is -0.144. The van der Waals surface area contributed by atoms with Gasteiger partial charge in [-0.25, -0.2) is 19.5 Å². The van der Waals surface area contributed by atoms with E-state index in [-0.39, 0.29) is 6.61 Å². The van der Waals surface area contributed by atoms with Crippen molar-refractivity contribution in [2.24, 2.45) is 0 Å². The minimum absolute atomic E-state index is 0.265. The fourth-order valence-electron chi connectivity index (χ4n) is 2.21. The Hall–Kier alpha value is -2.11. The summed E-state index contributed by atoms with van der Waals surface area (Å²) < 4.78 is 10.4. The van der Waals surface area contributed by atoms with Gasteiger partial charge in [0.05, 0.1) is 6.61 Å². The first-order valence-electron chi connectivity index (χ1n) is 6.96. The number of aromatic nitrogens is 1. The summed E-state index contributed by atoms with van der Waals surface area (Å²) in [5.74, 6) is 0.0196. The Morgan fingerprint density at radius 3 is 2.76 bits per heavy atom. The summed E-state index contributed by atoms with van der Waals surface area (Å²) >= 11 is 0. The Balaban J connectivity index is 2.31. The van der Waals surface area contributed by atoms with Crippen LogP contribution in [0.4, 0.5) is 10.6 Å². The zero-order valence-corrected chi connectivity index (χ0v) is 12.8. The number of ether oxygens (including phenoxy) is 2. The SMILES string of the molecule is CCOC(=O)[C@@H]1Cc2cccnc2N1C(=O)OC(C)(C)C. The molecule has 6 nitrogen and oxygen atoms in total. The first kappa shape index (κ1) is 15.3. The van der Waals surface area contributed by atoms with Crippen molar-refractivity contribution in [1.82, 2.24) is 4.98 Å². The van der Waals surface area contributed by atoms with Gasteiger partial charge in [0.25, 0.3) is 0 Å². The van der Waals surface area contributed by atoms with Gasteiger partial charge in [0.15, 0.2) is 0 Å². The Bertz CT molecular complexity index is 551. The lowest BCUT2D eigenvalue weighted by Crippen LogP contribution is -2.46. The average molecular weight is 292 g/mol. The van der Waals surface area contributed by atoms with Gasteiger partial charge in [-0.2, -0.15) is 0 Å². The van der Waals surface area contributed by atoms with Crippen molar-refractivity contribution in [2.45, 2.75) is 45.8 Å². The molecule has 2 rings (SSSR count). The van der Waals surface area contributed by atoms with Gasteiger partial charge in [0, 0.05) is 12.6 Å². The van der Waals surface area contributed by atoms with Crippen LogP contribution in [-0.4, -0.2) is 35.3 Å². The van der Waals surface area contributed by atoms with Crippen molar-refractivity contribution in [2.75, 3.05) is 11.5 Å². The molecule has 2 heterocycles. The van der Waals surface area contributed by atoms with E-state index < -0.39 is 23.7 Å². The molecule has 0 unspecified atom stereocenters. The molecular formula is C15H20N2O4. The number of rotatable bonds is 2. The molecule has 0 aliphatic carbocycles. The van der Waals surface area contributed by atoms with E-state index in [0.717, 1.165) is 5.56 Å². The molecular weight excluding hydrogens is 272 g/mol. The van der Waals surface area contributed by atoms with Crippen molar-refractivity contribution in [1.29, 1.82) is 0 Å². The summed E-state index contributed by atoms with van der Waals surface area (Å²) in [7, 11) is 0. The fraction of sp³-hybridized carbons (Fsp3) is 0.533. The predicted molar refractivity (Wildman–Crippen MR) is 77.1 cm³/mol. The number of hydrogen-bond acceptors (Lipinski definition) is 5. The van der Waals surface area contributed by atoms with E-state index in [0.29, 0.717) is 12.2 Å². The van der Waals surface area contributed by atoms with E-state index in [1.807, 2.05) is 6.07 Å². The van der Waals surface area contributed by atoms with Crippen molar-refractivity contribution < 1.29 is 19.1 Å². The van der Waals surface area contributed by atoms with Crippen LogP contribution in [0.25, 0.3) is 0 Å². The van der Waals surface area contributed by atoms with E-state index in [1.165, 1.54) is 4.90 Å². The maximum Gasteiger partial charge on any atom is 0.416 e. The summed E-state index contributed by atoms with van der Waals surface area (Å²) in [6, 6.07) is 2.91. The third-order valence-electron chi connectivity index (χ3n) is 2.97. The van der Waals surface area contributed by atoms with Gasteiger partial charge >= 0.3 is 12.1 Å². The highest BCUT2D eigenvalue weighted by molar-refractivity contribution is 5.98. The molecule has 0 radical (unpaired) electrons. The van der Waals surface area contributed by atoms with Crippen molar-refractivity contribution in [3.63, 3.8) is 0 Å². The number of anilines is 1. The van der Waals surface area contributed by atoms with Crippen LogP contribution in [0, 0.1) is 0 Å². The third-order valence-corrected chi connectivity index (χ3v) is 2.97. The molecule has 1 aliphatic heterocycles. The lowest BCUT2D eigenvalue weighted by atomic mass is 10.1. The Labute approximate surface area is 124 Å². The Morgan fingerprint density at radius 1 is 1.43 bits per heavy atom. The number of amides is 1. The highest BCUT2D eigenvalue weighted by Crippen LogP contribution is 2.31. The molecule has 0 bridgehead atoms. The van der Waals surface area contributed by atoms with Crippen LogP contribution in [-0.2, 0) is 20.7 Å². The summed E-state index contributed by atoms with van der Waals surface area (Å²) in [5, 5.41) is 0. The molecule has 1 amide bonds. The van der Waals surface area contributed by atoms with Crippen molar-refractivity contribution in [3.8, 4) is 0 Å². The normalized spacial score (nSPS) is 17.3. The minimum Gasteiger partial charge on any atom is -0.464 e. The van der Waals surface area contributed by atoms with Gasteiger partial charge in [0.2, 0.25) is 0 Å². The van der Waals surface area contributed by atoms with E-state index in [2.05, 4.69) is 4.98 Å². The molecule has 0 spiro atoms. The number of esters is 1. The van der Waals surface area contributed by atoms with E-state index in [9.17, 15) is 9.59 Å². The summed E-state index contributed by atoms with van der Waals surface area (Å²) in [5.41, 5.74) is 0.190. The number of hydrogen-bond donors (Lipinski definition) is 0. The maximum absolute atomic E-state index is 12.4. The molecule has 1 aliphatic rings. The zero-order valence-electron chi connectivity index (χ0n) is 12.8. The number of carbonyl (C=O) groups is 2. The fourth-order valence-corrected chi connectivity index (χ4v) is 2.21. The second-order valence-electron chi connectivity index (χ2n) is 5.81. The number of carbonyl (C=O) groups excluding carboxylic acids is 2. The summed E-state index contributed by atoms with van der Waals surface area (Å²) in [4.78, 5) is 30.0. The topological polar surface area (TPSA) is 68.7 Å². The third kappa shape index (κ3) is 3.32. The van der Waals surface area contributed by atoms with Gasteiger partial charge in [-0.15, -0.1) is 0 Å². The molecule has 1 aromatic heterocycles. The maximum atomic E-state index is 12.4. The average Bonchev–Trinajstić information content (AvgIpc) is 2.76. The van der Waals surface area contributed by atoms with Crippen molar-refractivity contribution in [3.05, 3.63) is 23.9 Å². The first-order valence-corrected chi connectivity index (χ1v) is 6.96. The summed E-state index contributed by atoms with van der Waals surface area (Å²) in [6.07, 6.45) is 1.39. The second-order valence-corrected chi connectivity index (χ2v) is 5.81. The van der Waals surface area contributed by atoms with Gasteiger partial charge in [-0.05, 0) is 39.3 Å². The smallest absolute Gasteiger partial charge is 0.416 e. The number of nitrogens with zero attached hydrogens (tertiary/aromatic N) is 2. The molecule has 0 saturated heterocycles. The van der Waals surface area contributed by atoms with Crippen LogP contribution in [0.15, 0.2) is 18.3 Å². The Morgan fingerprint density at radius 2 is 2.14 bits per heavy atom. The molecule has 1 atom stereocenters. The van der Waals surface area contributed by atoms with Crippen LogP contribution in [0.5, 0.6) is 0 Å². The van der Waals surface area contributed by atoms with Crippen molar-refractivity contribution >= 4 is 17.9 Å². The zero-order chi connectivity index (χ0) is 15.6. The second kappa shape index (κ2) is 5.71. The lowest BCUT2D eigenvalue weighted by Gasteiger charge is -2.27. The van der Waals surface area contributed by atoms with Crippen LogP contribution < -0.4 is 4.90 Å². The Kier molecular flexibility index (Phi) is 4.16. The standard InChI is InChI=1S/C15H20N2O4/c1-5-20-13(18)11-9-10-7-6-8-16-12(10)17(11)14(19)21-15(2,3)4/h6-8,11H,5,9H2,1-4H3/t11-/m0/s1. The first-order chi connectivity index (χ1) is 9.83. The molecule has 0 N–H and O–H groups in total. The summed E-state index contributed by atoms with van der Waals surface area (Å²) in [6.45, 7) is 7.33. The molecule has 0 aromatic carbocycles. The molecule has 114 valence electrons. The highest BCUT2D eigenvalue weighted by Gasteiger charge is 2.42. The van der Waals surface area contributed by atoms with Crippen LogP contribution >= 0.6 is 0 Å². The molecule has 21 heavy (non-hydrogen) atoms. The van der Waals surface area contributed by atoms with Gasteiger partial charge in [-0.1, -0.05) is 6.07 Å². The molecule has 1 aromatic rings. The van der Waals surface area contributed by atoms with E-state index >= 15 is 0 Å². The highest BCUT2D eigenvalue weighted by atomic mass is 16.6. The van der Waals surface area contributed by atoms with Gasteiger partial charge in [-0.3, -0.25) is 0 Å².